The topological polar surface area (TPSA) is 128 Å². The molecule has 0 spiro atoms. The van der Waals surface area contributed by atoms with E-state index in [4.69, 9.17) is 4.74 Å². The predicted octanol–water partition coefficient (Wildman–Crippen LogP) is 3.99. The smallest absolute Gasteiger partial charge is 0.339 e. The number of aromatic carboxylic acids is 1. The SMILES string of the molecule is COc1ccc(S(=O)(=O)N(Cc2cccnc2)c2c(C(=O)O)cnc3c2c(C)nn3C(C)(C)C)cc1. The van der Waals surface area contributed by atoms with Crippen molar-refractivity contribution >= 4 is 32.7 Å². The highest BCUT2D eigenvalue weighted by Gasteiger charge is 2.34. The molecule has 3 aromatic heterocycles. The number of ether oxygens (including phenoxy) is 1. The van der Waals surface area contributed by atoms with E-state index in [1.807, 2.05) is 20.8 Å². The van der Waals surface area contributed by atoms with Gasteiger partial charge in [0.05, 0.1) is 40.9 Å². The molecule has 0 aliphatic rings. The number of hydrogen-bond acceptors (Lipinski definition) is 7. The molecule has 36 heavy (non-hydrogen) atoms. The van der Waals surface area contributed by atoms with E-state index < -0.39 is 21.5 Å². The van der Waals surface area contributed by atoms with Crippen molar-refractivity contribution in [1.82, 2.24) is 19.7 Å². The summed E-state index contributed by atoms with van der Waals surface area (Å²) >= 11 is 0. The highest BCUT2D eigenvalue weighted by Crippen LogP contribution is 2.38. The third-order valence-corrected chi connectivity index (χ3v) is 7.42. The van der Waals surface area contributed by atoms with Gasteiger partial charge in [0.15, 0.2) is 5.65 Å². The molecule has 3 heterocycles. The van der Waals surface area contributed by atoms with Crippen molar-refractivity contribution in [2.75, 3.05) is 11.4 Å². The summed E-state index contributed by atoms with van der Waals surface area (Å²) in [4.78, 5) is 20.8. The molecule has 0 fully saturated rings. The maximum absolute atomic E-state index is 14.1. The molecule has 10 nitrogen and oxygen atoms in total. The van der Waals surface area contributed by atoms with E-state index in [0.29, 0.717) is 28.0 Å². The number of carbonyl (C=O) groups is 1. The number of nitrogens with zero attached hydrogens (tertiary/aromatic N) is 5. The van der Waals surface area contributed by atoms with Crippen LogP contribution in [0.1, 0.15) is 42.4 Å². The molecule has 11 heteroatoms. The van der Waals surface area contributed by atoms with Gasteiger partial charge in [-0.3, -0.25) is 9.29 Å². The minimum absolute atomic E-state index is 0.000158. The molecular weight excluding hydrogens is 482 g/mol. The molecule has 0 aliphatic carbocycles. The highest BCUT2D eigenvalue weighted by atomic mass is 32.2. The molecule has 1 N–H and O–H groups in total. The van der Waals surface area contributed by atoms with Gasteiger partial charge in [0, 0.05) is 18.6 Å². The zero-order chi connectivity index (χ0) is 26.3. The highest BCUT2D eigenvalue weighted by molar-refractivity contribution is 7.92. The van der Waals surface area contributed by atoms with E-state index in [1.54, 1.807) is 36.1 Å². The number of sulfonamides is 1. The third-order valence-electron chi connectivity index (χ3n) is 5.66. The van der Waals surface area contributed by atoms with Gasteiger partial charge in [-0.2, -0.15) is 5.10 Å². The molecule has 4 rings (SSSR count). The Bertz CT molecular complexity index is 1530. The van der Waals surface area contributed by atoms with Crippen molar-refractivity contribution in [1.29, 1.82) is 0 Å². The van der Waals surface area contributed by atoms with Crippen LogP contribution in [0.25, 0.3) is 11.0 Å². The van der Waals surface area contributed by atoms with Gasteiger partial charge >= 0.3 is 5.97 Å². The largest absolute Gasteiger partial charge is 0.497 e. The number of methoxy groups -OCH3 is 1. The maximum Gasteiger partial charge on any atom is 0.339 e. The van der Waals surface area contributed by atoms with Gasteiger partial charge in [-0.05, 0) is 63.6 Å². The minimum Gasteiger partial charge on any atom is -0.497 e. The normalized spacial score (nSPS) is 12.0. The molecule has 0 amide bonds. The first-order valence-corrected chi connectivity index (χ1v) is 12.6. The van der Waals surface area contributed by atoms with Crippen LogP contribution < -0.4 is 9.04 Å². The van der Waals surface area contributed by atoms with Crippen LogP contribution in [0, 0.1) is 6.92 Å². The van der Waals surface area contributed by atoms with Crippen LogP contribution in [0.5, 0.6) is 5.75 Å². The molecule has 4 aromatic rings. The fourth-order valence-electron chi connectivity index (χ4n) is 3.93. The Morgan fingerprint density at radius 3 is 2.39 bits per heavy atom. The number of aromatic nitrogens is 4. The number of anilines is 1. The maximum atomic E-state index is 14.1. The summed E-state index contributed by atoms with van der Waals surface area (Å²) in [5.74, 6) is -0.809. The van der Waals surface area contributed by atoms with Gasteiger partial charge in [-0.25, -0.2) is 22.9 Å². The quantitative estimate of drug-likeness (QED) is 0.396. The first-order chi connectivity index (χ1) is 16.9. The van der Waals surface area contributed by atoms with Crippen LogP contribution in [0.15, 0.2) is 59.9 Å². The number of pyridine rings is 2. The minimum atomic E-state index is -4.25. The van der Waals surface area contributed by atoms with Gasteiger partial charge < -0.3 is 9.84 Å². The van der Waals surface area contributed by atoms with E-state index in [2.05, 4.69) is 15.1 Å². The fourth-order valence-corrected chi connectivity index (χ4v) is 5.42. The van der Waals surface area contributed by atoms with Crippen molar-refractivity contribution in [2.45, 2.75) is 44.7 Å². The van der Waals surface area contributed by atoms with E-state index in [9.17, 15) is 18.3 Å². The first-order valence-electron chi connectivity index (χ1n) is 11.1. The second-order valence-corrected chi connectivity index (χ2v) is 11.1. The Kier molecular flexibility index (Phi) is 6.44. The summed E-state index contributed by atoms with van der Waals surface area (Å²) in [5, 5.41) is 15.0. The van der Waals surface area contributed by atoms with E-state index in [-0.39, 0.29) is 22.7 Å². The fraction of sp³-hybridized carbons (Fsp3) is 0.280. The van der Waals surface area contributed by atoms with E-state index in [0.717, 1.165) is 4.31 Å². The standard InChI is InChI=1S/C25H27N5O5S/c1-16-21-22(20(24(31)32)14-27-23(21)30(28-16)25(2,3)4)29(15-17-7-6-12-26-13-17)36(33,34)19-10-8-18(35-5)9-11-19/h6-14H,15H2,1-5H3,(H,31,32). The number of carboxylic acid groups (broad SMARTS) is 1. The summed E-state index contributed by atoms with van der Waals surface area (Å²) in [6.07, 6.45) is 4.31. The average Bonchev–Trinajstić information content (AvgIpc) is 3.20. The van der Waals surface area contributed by atoms with Crippen molar-refractivity contribution in [3.05, 3.63) is 71.8 Å². The number of aryl methyl sites for hydroxylation is 1. The summed E-state index contributed by atoms with van der Waals surface area (Å²) in [6.45, 7) is 7.37. The molecule has 0 radical (unpaired) electrons. The van der Waals surface area contributed by atoms with Crippen molar-refractivity contribution < 1.29 is 23.1 Å². The lowest BCUT2D eigenvalue weighted by Gasteiger charge is -2.27. The van der Waals surface area contributed by atoms with Gasteiger partial charge in [0.2, 0.25) is 0 Å². The molecule has 0 aliphatic heterocycles. The van der Waals surface area contributed by atoms with Crippen molar-refractivity contribution in [2.24, 2.45) is 0 Å². The molecule has 188 valence electrons. The predicted molar refractivity (Wildman–Crippen MR) is 135 cm³/mol. The Morgan fingerprint density at radius 2 is 1.83 bits per heavy atom. The first kappa shape index (κ1) is 25.1. The zero-order valence-electron chi connectivity index (χ0n) is 20.6. The second-order valence-electron chi connectivity index (χ2n) is 9.24. The van der Waals surface area contributed by atoms with Crippen molar-refractivity contribution in [3.8, 4) is 5.75 Å². The number of rotatable bonds is 7. The molecule has 0 unspecified atom stereocenters. The molecule has 1 aromatic carbocycles. The van der Waals surface area contributed by atoms with Crippen LogP contribution in [-0.2, 0) is 22.1 Å². The Hall–Kier alpha value is -3.99. The Balaban J connectivity index is 2.06. The third kappa shape index (κ3) is 4.49. The van der Waals surface area contributed by atoms with Crippen LogP contribution in [0.2, 0.25) is 0 Å². The molecule has 0 saturated heterocycles. The van der Waals surface area contributed by atoms with Gasteiger partial charge in [0.25, 0.3) is 10.0 Å². The second kappa shape index (κ2) is 9.23. The summed E-state index contributed by atoms with van der Waals surface area (Å²) in [6, 6.07) is 9.35. The lowest BCUT2D eigenvalue weighted by Crippen LogP contribution is -2.32. The molecule has 0 bridgehead atoms. The van der Waals surface area contributed by atoms with Gasteiger partial charge in [-0.15, -0.1) is 0 Å². The molecule has 0 saturated carbocycles. The summed E-state index contributed by atoms with van der Waals surface area (Å²) in [7, 11) is -2.76. The summed E-state index contributed by atoms with van der Waals surface area (Å²) < 4.78 is 36.1. The van der Waals surface area contributed by atoms with Crippen LogP contribution >= 0.6 is 0 Å². The van der Waals surface area contributed by atoms with Crippen molar-refractivity contribution in [3.63, 3.8) is 0 Å². The lowest BCUT2D eigenvalue weighted by molar-refractivity contribution is 0.0697. The molecule has 0 atom stereocenters. The number of benzene rings is 1. The number of hydrogen-bond donors (Lipinski definition) is 1. The van der Waals surface area contributed by atoms with Crippen LogP contribution in [0.4, 0.5) is 5.69 Å². The zero-order valence-corrected chi connectivity index (χ0v) is 21.4. The lowest BCUT2D eigenvalue weighted by atomic mass is 10.1. The average molecular weight is 510 g/mol. The Labute approximate surface area is 209 Å². The van der Waals surface area contributed by atoms with Crippen LogP contribution in [0.3, 0.4) is 0 Å². The van der Waals surface area contributed by atoms with Crippen LogP contribution in [-0.4, -0.2) is 46.4 Å². The number of carboxylic acids is 1. The number of fused-ring (bicyclic) bond motifs is 1. The van der Waals surface area contributed by atoms with Gasteiger partial charge in [-0.1, -0.05) is 6.07 Å². The van der Waals surface area contributed by atoms with E-state index in [1.165, 1.54) is 37.6 Å². The van der Waals surface area contributed by atoms with E-state index >= 15 is 0 Å². The van der Waals surface area contributed by atoms with Gasteiger partial charge in [0.1, 0.15) is 11.3 Å². The summed E-state index contributed by atoms with van der Waals surface area (Å²) in [5.41, 5.74) is 0.703. The molecular formula is C25H27N5O5S. The Morgan fingerprint density at radius 1 is 1.14 bits per heavy atom. The monoisotopic (exact) mass is 509 g/mol.